The molecule has 2 amide bonds. The number of para-hydroxylation sites is 1. The maximum atomic E-state index is 12.4. The zero-order valence-corrected chi connectivity index (χ0v) is 16.2. The molecule has 0 spiro atoms. The van der Waals surface area contributed by atoms with Gasteiger partial charge in [0, 0.05) is 11.3 Å². The van der Waals surface area contributed by atoms with Crippen molar-refractivity contribution in [3.05, 3.63) is 83.8 Å². The molecule has 0 saturated carbocycles. The van der Waals surface area contributed by atoms with Gasteiger partial charge in [-0.2, -0.15) is 0 Å². The van der Waals surface area contributed by atoms with Crippen molar-refractivity contribution in [1.29, 1.82) is 0 Å². The van der Waals surface area contributed by atoms with Crippen molar-refractivity contribution < 1.29 is 28.3 Å². The first kappa shape index (κ1) is 20.7. The molecule has 0 aliphatic rings. The molecule has 1 heterocycles. The number of carbonyl (C=O) groups is 3. The molecular weight excluding hydrogens is 388 g/mol. The van der Waals surface area contributed by atoms with E-state index in [9.17, 15) is 14.4 Å². The van der Waals surface area contributed by atoms with Gasteiger partial charge in [0.1, 0.15) is 24.7 Å². The van der Waals surface area contributed by atoms with Crippen LogP contribution in [0.5, 0.6) is 5.75 Å². The van der Waals surface area contributed by atoms with Crippen LogP contribution in [0.25, 0.3) is 0 Å². The number of anilines is 1. The average Bonchev–Trinajstić information content (AvgIpc) is 3.26. The predicted octanol–water partition coefficient (Wildman–Crippen LogP) is 3.01. The highest BCUT2D eigenvalue weighted by molar-refractivity contribution is 6.02. The van der Waals surface area contributed by atoms with Crippen LogP contribution >= 0.6 is 0 Å². The van der Waals surface area contributed by atoms with Gasteiger partial charge in [-0.3, -0.25) is 14.4 Å². The van der Waals surface area contributed by atoms with E-state index in [0.717, 1.165) is 0 Å². The standard InChI is InChI=1S/C22H20N2O6/c1-28-20(25)13-23-21(26)15-7-9-16(10-8-15)24-22(27)19-12-11-18(30-19)14-29-17-5-3-2-4-6-17/h2-12H,13-14H2,1H3,(H,23,26)(H,24,27). The van der Waals surface area contributed by atoms with Crippen LogP contribution in [0.2, 0.25) is 0 Å². The van der Waals surface area contributed by atoms with E-state index in [1.807, 2.05) is 30.3 Å². The summed E-state index contributed by atoms with van der Waals surface area (Å²) in [5.41, 5.74) is 0.832. The molecular formula is C22H20N2O6. The summed E-state index contributed by atoms with van der Waals surface area (Å²) < 4.78 is 15.6. The van der Waals surface area contributed by atoms with Crippen LogP contribution in [-0.2, 0) is 16.1 Å². The minimum atomic E-state index is -0.542. The molecule has 154 valence electrons. The number of hydrogen-bond donors (Lipinski definition) is 2. The number of esters is 1. The summed E-state index contributed by atoms with van der Waals surface area (Å²) in [6, 6.07) is 18.7. The Balaban J connectivity index is 1.52. The third kappa shape index (κ3) is 5.71. The number of carbonyl (C=O) groups excluding carboxylic acids is 3. The van der Waals surface area contributed by atoms with Crippen molar-refractivity contribution in [1.82, 2.24) is 5.32 Å². The van der Waals surface area contributed by atoms with E-state index in [2.05, 4.69) is 15.4 Å². The Morgan fingerprint density at radius 1 is 0.900 bits per heavy atom. The summed E-state index contributed by atoms with van der Waals surface area (Å²) in [7, 11) is 1.24. The number of rotatable bonds is 8. The maximum absolute atomic E-state index is 12.4. The molecule has 0 unspecified atom stereocenters. The lowest BCUT2D eigenvalue weighted by Crippen LogP contribution is -2.30. The summed E-state index contributed by atoms with van der Waals surface area (Å²) >= 11 is 0. The lowest BCUT2D eigenvalue weighted by atomic mass is 10.2. The molecule has 0 radical (unpaired) electrons. The van der Waals surface area contributed by atoms with Gasteiger partial charge in [-0.25, -0.2) is 0 Å². The van der Waals surface area contributed by atoms with Crippen molar-refractivity contribution in [3.8, 4) is 5.75 Å². The molecule has 3 rings (SSSR count). The first-order chi connectivity index (χ1) is 14.5. The molecule has 8 heteroatoms. The third-order valence-electron chi connectivity index (χ3n) is 4.04. The Bertz CT molecular complexity index is 1010. The number of nitrogens with one attached hydrogen (secondary N) is 2. The van der Waals surface area contributed by atoms with Crippen LogP contribution in [0.4, 0.5) is 5.69 Å². The lowest BCUT2D eigenvalue weighted by Gasteiger charge is -2.06. The minimum absolute atomic E-state index is 0.140. The van der Waals surface area contributed by atoms with Crippen molar-refractivity contribution in [2.45, 2.75) is 6.61 Å². The molecule has 0 saturated heterocycles. The van der Waals surface area contributed by atoms with E-state index in [1.165, 1.54) is 19.2 Å². The Kier molecular flexibility index (Phi) is 6.83. The van der Waals surface area contributed by atoms with Crippen molar-refractivity contribution in [2.24, 2.45) is 0 Å². The number of amides is 2. The normalized spacial score (nSPS) is 10.2. The van der Waals surface area contributed by atoms with E-state index < -0.39 is 17.8 Å². The topological polar surface area (TPSA) is 107 Å². The number of ether oxygens (including phenoxy) is 2. The van der Waals surface area contributed by atoms with Crippen molar-refractivity contribution in [2.75, 3.05) is 19.0 Å². The lowest BCUT2D eigenvalue weighted by molar-refractivity contribution is -0.139. The zero-order valence-electron chi connectivity index (χ0n) is 16.2. The van der Waals surface area contributed by atoms with E-state index in [1.54, 1.807) is 24.3 Å². The molecule has 0 fully saturated rings. The molecule has 0 aliphatic carbocycles. The second kappa shape index (κ2) is 9.92. The first-order valence-corrected chi connectivity index (χ1v) is 9.08. The minimum Gasteiger partial charge on any atom is -0.486 e. The van der Waals surface area contributed by atoms with Crippen molar-refractivity contribution in [3.63, 3.8) is 0 Å². The fourth-order valence-corrected chi connectivity index (χ4v) is 2.47. The van der Waals surface area contributed by atoms with Gasteiger partial charge in [-0.1, -0.05) is 18.2 Å². The van der Waals surface area contributed by atoms with Gasteiger partial charge in [0.05, 0.1) is 7.11 Å². The maximum Gasteiger partial charge on any atom is 0.325 e. The van der Waals surface area contributed by atoms with Gasteiger partial charge in [0.25, 0.3) is 11.8 Å². The van der Waals surface area contributed by atoms with E-state index in [0.29, 0.717) is 22.8 Å². The highest BCUT2D eigenvalue weighted by Crippen LogP contribution is 2.16. The smallest absolute Gasteiger partial charge is 0.325 e. The molecule has 0 bridgehead atoms. The van der Waals surface area contributed by atoms with E-state index >= 15 is 0 Å². The number of benzene rings is 2. The van der Waals surface area contributed by atoms with Crippen LogP contribution in [0.15, 0.2) is 71.1 Å². The molecule has 30 heavy (non-hydrogen) atoms. The van der Waals surface area contributed by atoms with Gasteiger partial charge in [0.15, 0.2) is 5.76 Å². The van der Waals surface area contributed by atoms with Gasteiger partial charge in [0.2, 0.25) is 0 Å². The summed E-state index contributed by atoms with van der Waals surface area (Å²) in [5.74, 6) is -0.0331. The third-order valence-corrected chi connectivity index (χ3v) is 4.04. The average molecular weight is 408 g/mol. The molecule has 2 aromatic carbocycles. The Morgan fingerprint density at radius 3 is 2.33 bits per heavy atom. The fraction of sp³-hybridized carbons (Fsp3) is 0.136. The first-order valence-electron chi connectivity index (χ1n) is 9.08. The highest BCUT2D eigenvalue weighted by Gasteiger charge is 2.13. The van der Waals surface area contributed by atoms with Gasteiger partial charge in [-0.05, 0) is 48.5 Å². The number of methoxy groups -OCH3 is 1. The summed E-state index contributed by atoms with van der Waals surface area (Å²) in [4.78, 5) is 35.4. The van der Waals surface area contributed by atoms with E-state index in [-0.39, 0.29) is 18.9 Å². The number of furan rings is 1. The Labute approximate surface area is 172 Å². The van der Waals surface area contributed by atoms with E-state index in [4.69, 9.17) is 9.15 Å². The monoisotopic (exact) mass is 408 g/mol. The second-order valence-electron chi connectivity index (χ2n) is 6.16. The van der Waals surface area contributed by atoms with Gasteiger partial charge >= 0.3 is 5.97 Å². The molecule has 0 aliphatic heterocycles. The van der Waals surface area contributed by atoms with Crippen LogP contribution in [0, 0.1) is 0 Å². The van der Waals surface area contributed by atoms with Crippen LogP contribution < -0.4 is 15.4 Å². The Morgan fingerprint density at radius 2 is 1.63 bits per heavy atom. The number of hydrogen-bond acceptors (Lipinski definition) is 6. The fourth-order valence-electron chi connectivity index (χ4n) is 2.47. The second-order valence-corrected chi connectivity index (χ2v) is 6.16. The predicted molar refractivity (Wildman–Crippen MR) is 108 cm³/mol. The van der Waals surface area contributed by atoms with Crippen molar-refractivity contribution >= 4 is 23.5 Å². The SMILES string of the molecule is COC(=O)CNC(=O)c1ccc(NC(=O)c2ccc(COc3ccccc3)o2)cc1. The Hall–Kier alpha value is -4.07. The molecule has 2 N–H and O–H groups in total. The summed E-state index contributed by atoms with van der Waals surface area (Å²) in [6.07, 6.45) is 0. The summed E-state index contributed by atoms with van der Waals surface area (Å²) in [6.45, 7) is -0.0185. The van der Waals surface area contributed by atoms with Gasteiger partial charge in [-0.15, -0.1) is 0 Å². The molecule has 0 atom stereocenters. The van der Waals surface area contributed by atoms with Crippen LogP contribution in [0.3, 0.4) is 0 Å². The summed E-state index contributed by atoms with van der Waals surface area (Å²) in [5, 5.41) is 5.13. The molecule has 8 nitrogen and oxygen atoms in total. The van der Waals surface area contributed by atoms with Crippen LogP contribution in [-0.4, -0.2) is 31.4 Å². The van der Waals surface area contributed by atoms with Crippen LogP contribution in [0.1, 0.15) is 26.7 Å². The largest absolute Gasteiger partial charge is 0.486 e. The molecule has 1 aromatic heterocycles. The van der Waals surface area contributed by atoms with Gasteiger partial charge < -0.3 is 24.5 Å². The molecule has 3 aromatic rings. The zero-order chi connectivity index (χ0) is 21.3. The highest BCUT2D eigenvalue weighted by atomic mass is 16.5. The quantitative estimate of drug-likeness (QED) is 0.555.